The van der Waals surface area contributed by atoms with Crippen LogP contribution in [0, 0.1) is 5.92 Å². The molecule has 0 spiro atoms. The van der Waals surface area contributed by atoms with Gasteiger partial charge in [-0.1, -0.05) is 27.5 Å². The highest BCUT2D eigenvalue weighted by molar-refractivity contribution is 9.10. The molecule has 1 heterocycles. The van der Waals surface area contributed by atoms with Gasteiger partial charge in [0.15, 0.2) is 0 Å². The van der Waals surface area contributed by atoms with Crippen molar-refractivity contribution in [1.29, 1.82) is 0 Å². The van der Waals surface area contributed by atoms with Gasteiger partial charge in [0.05, 0.1) is 16.6 Å². The Morgan fingerprint density at radius 1 is 1.53 bits per heavy atom. The lowest BCUT2D eigenvalue weighted by molar-refractivity contribution is -0.141. The average Bonchev–Trinajstić information content (AvgIpc) is 2.64. The van der Waals surface area contributed by atoms with Gasteiger partial charge >= 0.3 is 5.97 Å². The van der Waals surface area contributed by atoms with Crippen LogP contribution in [0.3, 0.4) is 0 Å². The van der Waals surface area contributed by atoms with Gasteiger partial charge < -0.3 is 10.0 Å². The van der Waals surface area contributed by atoms with Crippen LogP contribution in [0.2, 0.25) is 5.02 Å². The summed E-state index contributed by atoms with van der Waals surface area (Å²) in [6.07, 6.45) is 0.0260. The quantitative estimate of drug-likeness (QED) is 0.911. The molecule has 6 heteroatoms. The van der Waals surface area contributed by atoms with Crippen LogP contribution in [0.15, 0.2) is 22.7 Å². The van der Waals surface area contributed by atoms with Crippen molar-refractivity contribution in [2.75, 3.05) is 11.4 Å². The van der Waals surface area contributed by atoms with E-state index in [9.17, 15) is 9.59 Å². The van der Waals surface area contributed by atoms with Crippen molar-refractivity contribution in [3.8, 4) is 0 Å². The maximum absolute atomic E-state index is 11.7. The monoisotopic (exact) mass is 317 g/mol. The van der Waals surface area contributed by atoms with Gasteiger partial charge in [-0.25, -0.2) is 0 Å². The average molecular weight is 319 g/mol. The van der Waals surface area contributed by atoms with Gasteiger partial charge in [-0.15, -0.1) is 0 Å². The Labute approximate surface area is 111 Å². The summed E-state index contributed by atoms with van der Waals surface area (Å²) < 4.78 is 0.795. The summed E-state index contributed by atoms with van der Waals surface area (Å²) >= 11 is 9.30. The third-order valence-corrected chi connectivity index (χ3v) is 3.49. The van der Waals surface area contributed by atoms with Gasteiger partial charge in [0.2, 0.25) is 5.91 Å². The summed E-state index contributed by atoms with van der Waals surface area (Å²) in [5.41, 5.74) is 0.551. The summed E-state index contributed by atoms with van der Waals surface area (Å²) in [6, 6.07) is 5.15. The number of rotatable bonds is 2. The fourth-order valence-corrected chi connectivity index (χ4v) is 2.37. The molecule has 0 aliphatic carbocycles. The second-order valence-corrected chi connectivity index (χ2v) is 5.16. The Balaban J connectivity index is 2.32. The third-order valence-electron chi connectivity index (χ3n) is 2.67. The molecule has 0 bridgehead atoms. The van der Waals surface area contributed by atoms with E-state index in [-0.39, 0.29) is 18.9 Å². The number of carboxylic acids is 1. The first-order chi connectivity index (χ1) is 7.99. The zero-order chi connectivity index (χ0) is 12.6. The fourth-order valence-electron chi connectivity index (χ4n) is 1.80. The number of nitrogens with zero attached hydrogens (tertiary/aromatic N) is 1. The first kappa shape index (κ1) is 12.4. The van der Waals surface area contributed by atoms with E-state index < -0.39 is 11.9 Å². The lowest BCUT2D eigenvalue weighted by Gasteiger charge is -2.17. The largest absolute Gasteiger partial charge is 0.481 e. The number of halogens is 2. The number of carbonyl (C=O) groups excluding carboxylic acids is 1. The zero-order valence-electron chi connectivity index (χ0n) is 8.69. The van der Waals surface area contributed by atoms with Crippen LogP contribution in [-0.4, -0.2) is 23.5 Å². The van der Waals surface area contributed by atoms with Crippen LogP contribution < -0.4 is 4.90 Å². The lowest BCUT2D eigenvalue weighted by atomic mass is 10.1. The van der Waals surface area contributed by atoms with E-state index in [1.165, 1.54) is 4.90 Å². The molecule has 0 saturated carbocycles. The molecule has 1 unspecified atom stereocenters. The number of benzene rings is 1. The molecular formula is C11H9BrClNO3. The molecule has 1 aliphatic rings. The summed E-state index contributed by atoms with van der Waals surface area (Å²) in [7, 11) is 0. The maximum atomic E-state index is 11.7. The van der Waals surface area contributed by atoms with Gasteiger partial charge in [-0.3, -0.25) is 9.59 Å². The zero-order valence-corrected chi connectivity index (χ0v) is 11.0. The van der Waals surface area contributed by atoms with E-state index in [2.05, 4.69) is 15.9 Å². The smallest absolute Gasteiger partial charge is 0.308 e. The predicted molar refractivity (Wildman–Crippen MR) is 67.2 cm³/mol. The van der Waals surface area contributed by atoms with Gasteiger partial charge in [0, 0.05) is 17.4 Å². The van der Waals surface area contributed by atoms with Crippen molar-refractivity contribution in [3.05, 3.63) is 27.7 Å². The van der Waals surface area contributed by atoms with Crippen LogP contribution in [-0.2, 0) is 9.59 Å². The Morgan fingerprint density at radius 3 is 2.82 bits per heavy atom. The van der Waals surface area contributed by atoms with Crippen LogP contribution in [0.5, 0.6) is 0 Å². The summed E-state index contributed by atoms with van der Waals surface area (Å²) in [5, 5.41) is 9.34. The first-order valence-electron chi connectivity index (χ1n) is 4.97. The number of carboxylic acid groups (broad SMARTS) is 1. The molecule has 1 aromatic rings. The van der Waals surface area contributed by atoms with Crippen molar-refractivity contribution in [2.24, 2.45) is 5.92 Å². The topological polar surface area (TPSA) is 57.6 Å². The van der Waals surface area contributed by atoms with E-state index in [1.807, 2.05) is 0 Å². The van der Waals surface area contributed by atoms with E-state index in [4.69, 9.17) is 16.7 Å². The molecule has 0 aromatic heterocycles. The number of amides is 1. The van der Waals surface area contributed by atoms with E-state index in [0.29, 0.717) is 10.7 Å². The number of aliphatic carboxylic acids is 1. The Bertz CT molecular complexity index is 492. The summed E-state index contributed by atoms with van der Waals surface area (Å²) in [4.78, 5) is 24.0. The molecule has 2 rings (SSSR count). The van der Waals surface area contributed by atoms with Gasteiger partial charge in [-0.2, -0.15) is 0 Å². The number of hydrogen-bond acceptors (Lipinski definition) is 2. The van der Waals surface area contributed by atoms with Gasteiger partial charge in [0.1, 0.15) is 0 Å². The Kier molecular flexibility index (Phi) is 3.40. The van der Waals surface area contributed by atoms with Crippen molar-refractivity contribution in [1.82, 2.24) is 0 Å². The molecule has 1 atom stereocenters. The molecule has 1 aliphatic heterocycles. The van der Waals surface area contributed by atoms with Crippen LogP contribution in [0.25, 0.3) is 0 Å². The highest BCUT2D eigenvalue weighted by atomic mass is 79.9. The van der Waals surface area contributed by atoms with E-state index >= 15 is 0 Å². The third kappa shape index (κ3) is 2.45. The number of hydrogen-bond donors (Lipinski definition) is 1. The van der Waals surface area contributed by atoms with Crippen molar-refractivity contribution in [2.45, 2.75) is 6.42 Å². The van der Waals surface area contributed by atoms with E-state index in [0.717, 1.165) is 4.47 Å². The summed E-state index contributed by atoms with van der Waals surface area (Å²) in [5.74, 6) is -1.82. The molecule has 17 heavy (non-hydrogen) atoms. The molecule has 90 valence electrons. The highest BCUT2D eigenvalue weighted by Crippen LogP contribution is 2.33. The summed E-state index contributed by atoms with van der Waals surface area (Å²) in [6.45, 7) is 0.171. The molecule has 1 aromatic carbocycles. The maximum Gasteiger partial charge on any atom is 0.308 e. The van der Waals surface area contributed by atoms with Crippen molar-refractivity contribution < 1.29 is 14.7 Å². The molecule has 1 amide bonds. The molecule has 4 nitrogen and oxygen atoms in total. The standard InChI is InChI=1S/C11H9BrClNO3/c12-7-1-2-8(13)9(4-7)14-5-6(11(16)17)3-10(14)15/h1-2,4,6H,3,5H2,(H,16,17). The Morgan fingerprint density at radius 2 is 2.24 bits per heavy atom. The predicted octanol–water partition coefficient (Wildman–Crippen LogP) is 2.54. The second-order valence-electron chi connectivity index (χ2n) is 3.84. The van der Waals surface area contributed by atoms with Crippen LogP contribution in [0.1, 0.15) is 6.42 Å². The minimum atomic E-state index is -0.952. The fraction of sp³-hybridized carbons (Fsp3) is 0.273. The Hall–Kier alpha value is -1.07. The van der Waals surface area contributed by atoms with Crippen molar-refractivity contribution in [3.63, 3.8) is 0 Å². The number of carbonyl (C=O) groups is 2. The number of anilines is 1. The van der Waals surface area contributed by atoms with Crippen molar-refractivity contribution >= 4 is 45.1 Å². The minimum absolute atomic E-state index is 0.0260. The first-order valence-corrected chi connectivity index (χ1v) is 6.14. The SMILES string of the molecule is O=C(O)C1CC(=O)N(c2cc(Br)ccc2Cl)C1. The van der Waals surface area contributed by atoms with Gasteiger partial charge in [-0.05, 0) is 18.2 Å². The second kappa shape index (κ2) is 4.66. The van der Waals surface area contributed by atoms with Crippen LogP contribution >= 0.6 is 27.5 Å². The molecule has 0 radical (unpaired) electrons. The van der Waals surface area contributed by atoms with Crippen LogP contribution in [0.4, 0.5) is 5.69 Å². The molecule has 1 saturated heterocycles. The minimum Gasteiger partial charge on any atom is -0.481 e. The molecular weight excluding hydrogens is 309 g/mol. The van der Waals surface area contributed by atoms with E-state index in [1.54, 1.807) is 18.2 Å². The van der Waals surface area contributed by atoms with Gasteiger partial charge in [0.25, 0.3) is 0 Å². The molecule has 1 fully saturated rings. The normalized spacial score (nSPS) is 19.8. The lowest BCUT2D eigenvalue weighted by Crippen LogP contribution is -2.26. The molecule has 1 N–H and O–H groups in total. The highest BCUT2D eigenvalue weighted by Gasteiger charge is 2.35.